The lowest BCUT2D eigenvalue weighted by molar-refractivity contribution is -0.302. The number of ether oxygens (including phenoxy) is 3. The highest BCUT2D eigenvalue weighted by Crippen LogP contribution is 2.23. The molecule has 440 valence electrons. The first-order valence-corrected chi connectivity index (χ1v) is 31.2. The number of unbranched alkanes of at least 4 members (excludes halogenated alkanes) is 29. The van der Waals surface area contributed by atoms with Gasteiger partial charge in [-0.3, -0.25) is 9.59 Å². The van der Waals surface area contributed by atoms with Crippen molar-refractivity contribution in [3.63, 3.8) is 0 Å². The molecule has 0 spiro atoms. The molecule has 7 unspecified atom stereocenters. The second-order valence-corrected chi connectivity index (χ2v) is 21.4. The molecule has 0 bridgehead atoms. The fourth-order valence-electron chi connectivity index (χ4n) is 9.26. The van der Waals surface area contributed by atoms with Crippen LogP contribution in [0.25, 0.3) is 0 Å². The molecular formula is C65H115NO10. The molecule has 1 saturated heterocycles. The number of aliphatic hydroxyl groups excluding tert-OH is 5. The van der Waals surface area contributed by atoms with Crippen molar-refractivity contribution < 1.29 is 49.3 Å². The van der Waals surface area contributed by atoms with Gasteiger partial charge >= 0.3 is 5.97 Å². The third-order valence-electron chi connectivity index (χ3n) is 14.2. The second-order valence-electron chi connectivity index (χ2n) is 21.4. The third kappa shape index (κ3) is 43.0. The summed E-state index contributed by atoms with van der Waals surface area (Å²) in [5.41, 5.74) is 0. The standard InChI is InChI=1S/C65H115NO10/c1-3-5-7-9-11-13-15-33-37-41-45-49-53-61(70)74-54-50-46-42-38-34-30-28-26-24-22-20-18-16-17-19-21-23-25-27-29-32-36-40-44-48-52-60(69)66-57(56-75-65-64(73)63(72)62(71)59(55-67)76-65)58(68)51-47-43-39-35-31-14-12-10-8-6-4-2/h8,10-11,13,17-20,31,35,47,51,57-59,62-65,67-68,71-73H,3-7,9,12,14-16,21-30,32-34,36-46,48-50,52-56H2,1-2H3,(H,66,69)/b10-8+,13-11-,19-17-,20-18-,35-31+,51-47+. The van der Waals surface area contributed by atoms with Crippen LogP contribution in [0.3, 0.4) is 0 Å². The van der Waals surface area contributed by atoms with Gasteiger partial charge in [0.2, 0.25) is 5.91 Å². The summed E-state index contributed by atoms with van der Waals surface area (Å²) in [5.74, 6) is -0.219. The van der Waals surface area contributed by atoms with Gasteiger partial charge in [-0.15, -0.1) is 0 Å². The van der Waals surface area contributed by atoms with Crippen LogP contribution in [-0.2, 0) is 23.8 Å². The van der Waals surface area contributed by atoms with E-state index in [1.165, 1.54) is 135 Å². The summed E-state index contributed by atoms with van der Waals surface area (Å²) in [7, 11) is 0. The second kappa shape index (κ2) is 54.1. The first-order valence-electron chi connectivity index (χ1n) is 31.2. The lowest BCUT2D eigenvalue weighted by atomic mass is 9.99. The van der Waals surface area contributed by atoms with Gasteiger partial charge < -0.3 is 45.1 Å². The Morgan fingerprint density at radius 2 is 0.921 bits per heavy atom. The van der Waals surface area contributed by atoms with Gasteiger partial charge in [0.25, 0.3) is 0 Å². The lowest BCUT2D eigenvalue weighted by Gasteiger charge is -2.40. The maximum Gasteiger partial charge on any atom is 0.305 e. The van der Waals surface area contributed by atoms with Gasteiger partial charge in [-0.25, -0.2) is 0 Å². The Balaban J connectivity index is 2.05. The molecule has 1 fully saturated rings. The SMILES string of the molecule is CCC/C=C/CC/C=C/CC/C=C/C(O)C(COC1OC(CO)C(O)C(O)C1O)NC(=O)CCCCCCCCCCC/C=C\C/C=C\CCCCCCCCCCCOC(=O)CCCCCCC/C=C\CCCCC. The van der Waals surface area contributed by atoms with E-state index in [1.807, 2.05) is 6.08 Å². The van der Waals surface area contributed by atoms with Crippen LogP contribution in [-0.4, -0.2) is 100 Å². The van der Waals surface area contributed by atoms with E-state index in [0.29, 0.717) is 19.4 Å². The number of carbonyl (C=O) groups is 2. The maximum absolute atomic E-state index is 13.0. The zero-order chi connectivity index (χ0) is 55.2. The number of rotatable bonds is 53. The van der Waals surface area contributed by atoms with Crippen LogP contribution in [0.5, 0.6) is 0 Å². The smallest absolute Gasteiger partial charge is 0.305 e. The molecule has 0 aromatic carbocycles. The van der Waals surface area contributed by atoms with Gasteiger partial charge in [0.05, 0.1) is 32.0 Å². The van der Waals surface area contributed by atoms with E-state index in [0.717, 1.165) is 103 Å². The molecule has 76 heavy (non-hydrogen) atoms. The molecule has 1 heterocycles. The number of hydrogen-bond donors (Lipinski definition) is 6. The van der Waals surface area contributed by atoms with Gasteiger partial charge in [-0.1, -0.05) is 215 Å². The lowest BCUT2D eigenvalue weighted by Crippen LogP contribution is -2.60. The Labute approximate surface area is 464 Å². The van der Waals surface area contributed by atoms with Gasteiger partial charge in [0.15, 0.2) is 6.29 Å². The van der Waals surface area contributed by atoms with Crippen LogP contribution < -0.4 is 5.32 Å². The van der Waals surface area contributed by atoms with Gasteiger partial charge in [-0.05, 0) is 109 Å². The topological polar surface area (TPSA) is 175 Å². The van der Waals surface area contributed by atoms with Crippen LogP contribution in [0, 0.1) is 0 Å². The van der Waals surface area contributed by atoms with Crippen molar-refractivity contribution in [3.05, 3.63) is 72.9 Å². The number of esters is 1. The monoisotopic (exact) mass is 1070 g/mol. The zero-order valence-electron chi connectivity index (χ0n) is 48.4. The normalized spacial score (nSPS) is 19.2. The first-order chi connectivity index (χ1) is 37.2. The van der Waals surface area contributed by atoms with E-state index >= 15 is 0 Å². The maximum atomic E-state index is 13.0. The average Bonchev–Trinajstić information content (AvgIpc) is 3.42. The first kappa shape index (κ1) is 71.1. The van der Waals surface area contributed by atoms with Crippen LogP contribution in [0.15, 0.2) is 72.9 Å². The fourth-order valence-corrected chi connectivity index (χ4v) is 9.26. The van der Waals surface area contributed by atoms with Crippen LogP contribution in [0.2, 0.25) is 0 Å². The Morgan fingerprint density at radius 1 is 0.487 bits per heavy atom. The molecular weight excluding hydrogens is 955 g/mol. The van der Waals surface area contributed by atoms with Crippen LogP contribution >= 0.6 is 0 Å². The van der Waals surface area contributed by atoms with Crippen molar-refractivity contribution in [1.29, 1.82) is 0 Å². The number of allylic oxidation sites excluding steroid dienone is 11. The highest BCUT2D eigenvalue weighted by molar-refractivity contribution is 5.76. The van der Waals surface area contributed by atoms with Crippen molar-refractivity contribution in [1.82, 2.24) is 5.32 Å². The molecule has 11 heteroatoms. The predicted octanol–water partition coefficient (Wildman–Crippen LogP) is 14.8. The van der Waals surface area contributed by atoms with Crippen molar-refractivity contribution in [2.75, 3.05) is 19.8 Å². The number of nitrogens with one attached hydrogen (secondary N) is 1. The molecule has 11 nitrogen and oxygen atoms in total. The average molecular weight is 1070 g/mol. The number of amides is 1. The molecule has 0 saturated carbocycles. The summed E-state index contributed by atoms with van der Waals surface area (Å²) < 4.78 is 16.7. The molecule has 6 N–H and O–H groups in total. The van der Waals surface area contributed by atoms with Gasteiger partial charge in [0.1, 0.15) is 24.4 Å². The van der Waals surface area contributed by atoms with Crippen molar-refractivity contribution >= 4 is 11.9 Å². The van der Waals surface area contributed by atoms with E-state index < -0.39 is 49.5 Å². The van der Waals surface area contributed by atoms with E-state index in [-0.39, 0.29) is 18.5 Å². The van der Waals surface area contributed by atoms with Crippen LogP contribution in [0.4, 0.5) is 0 Å². The minimum atomic E-state index is -1.58. The quantitative estimate of drug-likeness (QED) is 0.0195. The Bertz CT molecular complexity index is 1490. The largest absolute Gasteiger partial charge is 0.466 e. The molecule has 0 aliphatic carbocycles. The van der Waals surface area contributed by atoms with E-state index in [4.69, 9.17) is 14.2 Å². The highest BCUT2D eigenvalue weighted by Gasteiger charge is 2.44. The third-order valence-corrected chi connectivity index (χ3v) is 14.2. The van der Waals surface area contributed by atoms with Crippen LogP contribution in [0.1, 0.15) is 264 Å². The molecule has 1 aliphatic heterocycles. The number of hydrogen-bond acceptors (Lipinski definition) is 10. The summed E-state index contributed by atoms with van der Waals surface area (Å²) in [6, 6.07) is -0.840. The predicted molar refractivity (Wildman–Crippen MR) is 315 cm³/mol. The fraction of sp³-hybridized carbons (Fsp3) is 0.785. The molecule has 0 aromatic heterocycles. The summed E-state index contributed by atoms with van der Waals surface area (Å²) in [5, 5.41) is 54.3. The number of carbonyl (C=O) groups excluding carboxylic acids is 2. The Kier molecular flexibility index (Phi) is 50.6. The van der Waals surface area contributed by atoms with E-state index in [9.17, 15) is 35.1 Å². The van der Waals surface area contributed by atoms with Crippen molar-refractivity contribution in [2.45, 2.75) is 307 Å². The van der Waals surface area contributed by atoms with E-state index in [1.54, 1.807) is 6.08 Å². The summed E-state index contributed by atoms with van der Waals surface area (Å²) >= 11 is 0. The molecule has 1 amide bonds. The van der Waals surface area contributed by atoms with Gasteiger partial charge in [0, 0.05) is 12.8 Å². The molecule has 7 atom stereocenters. The molecule has 0 aromatic rings. The number of aliphatic hydroxyl groups is 5. The molecule has 0 radical (unpaired) electrons. The summed E-state index contributed by atoms with van der Waals surface area (Å²) in [4.78, 5) is 25.0. The molecule has 1 aliphatic rings. The summed E-state index contributed by atoms with van der Waals surface area (Å²) in [6.45, 7) is 4.21. The minimum Gasteiger partial charge on any atom is -0.466 e. The van der Waals surface area contributed by atoms with E-state index in [2.05, 4.69) is 79.9 Å². The zero-order valence-corrected chi connectivity index (χ0v) is 48.4. The van der Waals surface area contributed by atoms with Crippen molar-refractivity contribution in [2.24, 2.45) is 0 Å². The Hall–Kier alpha value is -2.90. The summed E-state index contributed by atoms with van der Waals surface area (Å²) in [6.07, 6.45) is 61.6. The Morgan fingerprint density at radius 3 is 1.43 bits per heavy atom. The minimum absolute atomic E-state index is 0.0133. The van der Waals surface area contributed by atoms with Crippen molar-refractivity contribution in [3.8, 4) is 0 Å². The molecule has 1 rings (SSSR count). The van der Waals surface area contributed by atoms with Gasteiger partial charge in [-0.2, -0.15) is 0 Å². The highest BCUT2D eigenvalue weighted by atomic mass is 16.7.